The fourth-order valence-electron chi connectivity index (χ4n) is 1.96. The average Bonchev–Trinajstić information content (AvgIpc) is 2.76. The van der Waals surface area contributed by atoms with Crippen LogP contribution in [0.2, 0.25) is 0 Å². The Kier molecular flexibility index (Phi) is 19.8. The van der Waals surface area contributed by atoms with Crippen LogP contribution in [0.5, 0.6) is 0 Å². The van der Waals surface area contributed by atoms with Crippen molar-refractivity contribution in [1.82, 2.24) is 15.7 Å². The monoisotopic (exact) mass is 401 g/mol. The Balaban J connectivity index is 0. The van der Waals surface area contributed by atoms with Gasteiger partial charge in [0.25, 0.3) is 5.91 Å². The van der Waals surface area contributed by atoms with Crippen molar-refractivity contribution in [3.05, 3.63) is 78.2 Å². The standard InChI is InChI=1S/C18H25N3O2.C4H8.C2H6/c1-4-12-21(15(2)3)13-11-19-14-17-7-5-16(6-8-17)9-10-18(22)20-23;1-3-4-2;1-2/h4-10,12,19,23H,2,11,13-14H2,1,3H3,(H,20,22);3-4H,1-2H3;1-2H3/b10-9+,12-4+;4-3+;. The van der Waals surface area contributed by atoms with Crippen molar-refractivity contribution in [3.8, 4) is 0 Å². The molecule has 0 unspecified atom stereocenters. The third-order valence-corrected chi connectivity index (χ3v) is 3.53. The largest absolute Gasteiger partial charge is 0.351 e. The van der Waals surface area contributed by atoms with Crippen molar-refractivity contribution >= 4 is 12.0 Å². The third-order valence-electron chi connectivity index (χ3n) is 3.53. The van der Waals surface area contributed by atoms with Gasteiger partial charge >= 0.3 is 0 Å². The molecule has 0 atom stereocenters. The molecule has 1 aromatic carbocycles. The molecule has 1 rings (SSSR count). The van der Waals surface area contributed by atoms with E-state index in [4.69, 9.17) is 5.21 Å². The highest BCUT2D eigenvalue weighted by Gasteiger charge is 1.99. The Labute approximate surface area is 177 Å². The number of rotatable bonds is 9. The van der Waals surface area contributed by atoms with E-state index in [1.54, 1.807) is 11.6 Å². The van der Waals surface area contributed by atoms with Crippen molar-refractivity contribution < 1.29 is 10.0 Å². The topological polar surface area (TPSA) is 64.6 Å². The molecule has 0 spiro atoms. The van der Waals surface area contributed by atoms with Crippen LogP contribution in [0, 0.1) is 0 Å². The van der Waals surface area contributed by atoms with Crippen molar-refractivity contribution in [3.63, 3.8) is 0 Å². The number of amides is 1. The van der Waals surface area contributed by atoms with Crippen LogP contribution in [0.25, 0.3) is 6.08 Å². The van der Waals surface area contributed by atoms with Gasteiger partial charge in [-0.3, -0.25) is 10.0 Å². The van der Waals surface area contributed by atoms with Crippen LogP contribution in [0.4, 0.5) is 0 Å². The zero-order valence-corrected chi connectivity index (χ0v) is 18.9. The Bertz CT molecular complexity index is 628. The quantitative estimate of drug-likeness (QED) is 0.173. The summed E-state index contributed by atoms with van der Waals surface area (Å²) in [5, 5.41) is 11.8. The first kappa shape index (κ1) is 28.6. The smallest absolute Gasteiger partial charge is 0.267 e. The molecule has 1 aromatic rings. The summed E-state index contributed by atoms with van der Waals surface area (Å²) in [7, 11) is 0. The molecule has 0 radical (unpaired) electrons. The maximum Gasteiger partial charge on any atom is 0.267 e. The van der Waals surface area contributed by atoms with Gasteiger partial charge in [-0.2, -0.15) is 0 Å². The lowest BCUT2D eigenvalue weighted by Gasteiger charge is -2.20. The van der Waals surface area contributed by atoms with Crippen molar-refractivity contribution in [2.45, 2.75) is 48.1 Å². The molecule has 5 nitrogen and oxygen atoms in total. The number of hydroxylamine groups is 1. The second kappa shape index (κ2) is 20.1. The number of nitrogens with one attached hydrogen (secondary N) is 2. The van der Waals surface area contributed by atoms with E-state index in [0.29, 0.717) is 0 Å². The molecule has 0 aliphatic heterocycles. The highest BCUT2D eigenvalue weighted by Crippen LogP contribution is 2.06. The van der Waals surface area contributed by atoms with E-state index in [9.17, 15) is 4.79 Å². The molecule has 1 amide bonds. The maximum absolute atomic E-state index is 10.9. The van der Waals surface area contributed by atoms with E-state index < -0.39 is 5.91 Å². The Hall–Kier alpha value is -2.63. The number of carbonyl (C=O) groups excluding carboxylic acids is 1. The van der Waals surface area contributed by atoms with Gasteiger partial charge in [0, 0.05) is 31.4 Å². The molecule has 0 saturated carbocycles. The number of allylic oxidation sites excluding steroid dienone is 4. The SMILES string of the molecule is C/C=C/C.C=C(C)N(/C=C/C)CCNCc1ccc(/C=C/C(=O)NO)cc1.CC. The third kappa shape index (κ3) is 16.1. The molecule has 0 aliphatic carbocycles. The van der Waals surface area contributed by atoms with E-state index in [1.807, 2.05) is 90.2 Å². The summed E-state index contributed by atoms with van der Waals surface area (Å²) in [5.41, 5.74) is 4.65. The van der Waals surface area contributed by atoms with Gasteiger partial charge in [-0.25, -0.2) is 5.48 Å². The summed E-state index contributed by atoms with van der Waals surface area (Å²) in [4.78, 5) is 13.0. The summed E-state index contributed by atoms with van der Waals surface area (Å²) < 4.78 is 0. The number of carbonyl (C=O) groups is 1. The summed E-state index contributed by atoms with van der Waals surface area (Å²) in [6.45, 7) is 18.4. The fraction of sp³-hybridized carbons (Fsp3) is 0.375. The summed E-state index contributed by atoms with van der Waals surface area (Å²) >= 11 is 0. The summed E-state index contributed by atoms with van der Waals surface area (Å²) in [6.07, 6.45) is 10.9. The van der Waals surface area contributed by atoms with E-state index in [1.165, 1.54) is 11.6 Å². The normalized spacial score (nSPS) is 10.3. The summed E-state index contributed by atoms with van der Waals surface area (Å²) in [5.74, 6) is -0.543. The molecule has 0 heterocycles. The number of benzene rings is 1. The van der Waals surface area contributed by atoms with Gasteiger partial charge in [0.15, 0.2) is 0 Å². The second-order valence-electron chi connectivity index (χ2n) is 5.81. The van der Waals surface area contributed by atoms with Crippen LogP contribution in [-0.4, -0.2) is 29.1 Å². The predicted molar refractivity (Wildman–Crippen MR) is 125 cm³/mol. The first-order valence-corrected chi connectivity index (χ1v) is 10.0. The molecule has 0 fully saturated rings. The zero-order chi connectivity index (χ0) is 22.5. The number of hydrogen-bond donors (Lipinski definition) is 3. The van der Waals surface area contributed by atoms with Crippen LogP contribution in [-0.2, 0) is 11.3 Å². The van der Waals surface area contributed by atoms with Crippen LogP contribution < -0.4 is 10.8 Å². The molecule has 0 bridgehead atoms. The number of nitrogens with zero attached hydrogens (tertiary/aromatic N) is 1. The first-order chi connectivity index (χ1) is 14.0. The highest BCUT2D eigenvalue weighted by molar-refractivity contribution is 5.90. The van der Waals surface area contributed by atoms with Crippen molar-refractivity contribution in [1.29, 1.82) is 0 Å². The van der Waals surface area contributed by atoms with Gasteiger partial charge < -0.3 is 10.2 Å². The molecular formula is C24H39N3O2. The molecule has 5 heteroatoms. The van der Waals surface area contributed by atoms with Crippen molar-refractivity contribution in [2.24, 2.45) is 0 Å². The Morgan fingerprint density at radius 2 is 1.69 bits per heavy atom. The lowest BCUT2D eigenvalue weighted by atomic mass is 10.1. The van der Waals surface area contributed by atoms with E-state index in [-0.39, 0.29) is 0 Å². The minimum atomic E-state index is -0.543. The van der Waals surface area contributed by atoms with Crippen LogP contribution >= 0.6 is 0 Å². The van der Waals surface area contributed by atoms with E-state index in [0.717, 1.165) is 30.9 Å². The van der Waals surface area contributed by atoms with Crippen LogP contribution in [0.1, 0.15) is 52.7 Å². The van der Waals surface area contributed by atoms with Gasteiger partial charge in [0.05, 0.1) is 0 Å². The highest BCUT2D eigenvalue weighted by atomic mass is 16.5. The Morgan fingerprint density at radius 1 is 1.10 bits per heavy atom. The average molecular weight is 402 g/mol. The minimum Gasteiger partial charge on any atom is -0.351 e. The molecule has 29 heavy (non-hydrogen) atoms. The second-order valence-corrected chi connectivity index (χ2v) is 5.81. The van der Waals surface area contributed by atoms with Gasteiger partial charge in [-0.1, -0.05) is 62.9 Å². The summed E-state index contributed by atoms with van der Waals surface area (Å²) in [6, 6.07) is 7.87. The minimum absolute atomic E-state index is 0.543. The molecule has 0 aromatic heterocycles. The zero-order valence-electron chi connectivity index (χ0n) is 18.9. The van der Waals surface area contributed by atoms with Crippen LogP contribution in [0.15, 0.2) is 67.0 Å². The lowest BCUT2D eigenvalue weighted by Crippen LogP contribution is -2.27. The fourth-order valence-corrected chi connectivity index (χ4v) is 1.96. The first-order valence-electron chi connectivity index (χ1n) is 10.0. The van der Waals surface area contributed by atoms with Gasteiger partial charge in [-0.05, 0) is 51.1 Å². The Morgan fingerprint density at radius 3 is 2.14 bits per heavy atom. The lowest BCUT2D eigenvalue weighted by molar-refractivity contribution is -0.124. The molecule has 162 valence electrons. The molecule has 0 aliphatic rings. The predicted octanol–water partition coefficient (Wildman–Crippen LogP) is 5.27. The number of hydrogen-bond acceptors (Lipinski definition) is 4. The van der Waals surface area contributed by atoms with Crippen molar-refractivity contribution in [2.75, 3.05) is 13.1 Å². The van der Waals surface area contributed by atoms with E-state index >= 15 is 0 Å². The van der Waals surface area contributed by atoms with Gasteiger partial charge in [0.1, 0.15) is 0 Å². The van der Waals surface area contributed by atoms with E-state index in [2.05, 4.69) is 16.8 Å². The van der Waals surface area contributed by atoms with Gasteiger partial charge in [0.2, 0.25) is 0 Å². The molecular weight excluding hydrogens is 362 g/mol. The molecule has 3 N–H and O–H groups in total. The molecule has 0 saturated heterocycles. The maximum atomic E-state index is 10.9. The van der Waals surface area contributed by atoms with Gasteiger partial charge in [-0.15, -0.1) is 0 Å². The van der Waals surface area contributed by atoms with Crippen LogP contribution in [0.3, 0.4) is 0 Å².